The van der Waals surface area contributed by atoms with Crippen molar-refractivity contribution >= 4 is 17.7 Å². The molecule has 1 aromatic rings. The molecule has 1 aromatic carbocycles. The number of nitrogens with one attached hydrogen (secondary N) is 1. The Kier molecular flexibility index (Phi) is 5.76. The van der Waals surface area contributed by atoms with Gasteiger partial charge in [-0.2, -0.15) is 0 Å². The molecule has 0 radical (unpaired) electrons. The molecule has 1 aliphatic rings. The molecule has 0 bridgehead atoms. The van der Waals surface area contributed by atoms with Crippen LogP contribution in [0.1, 0.15) is 12.5 Å². The topological polar surface area (TPSA) is 50.8 Å². The molecule has 1 heterocycles. The second-order valence-corrected chi connectivity index (χ2v) is 5.67. The fourth-order valence-electron chi connectivity index (χ4n) is 2.06. The highest BCUT2D eigenvalue weighted by Crippen LogP contribution is 2.36. The Balaban J connectivity index is 2.00. The van der Waals surface area contributed by atoms with Gasteiger partial charge in [0.15, 0.2) is 11.5 Å². The maximum absolute atomic E-state index is 11.8. The average molecular weight is 310 g/mol. The average Bonchev–Trinajstić information content (AvgIpc) is 2.53. The summed E-state index contributed by atoms with van der Waals surface area (Å²) in [6.07, 6.45) is 2.03. The summed E-state index contributed by atoms with van der Waals surface area (Å²) in [5.74, 6) is 1.68. The standard InChI is InChI=1S/C15H22N2O3S/c1-4-17(2)15(18)10-16-9-11-7-12-13(8-14(11)21-3)20-6-5-19-12/h7-8,16H,4-6,9-10H2,1-3H3. The van der Waals surface area contributed by atoms with Crippen LogP contribution in [0.2, 0.25) is 0 Å². The Morgan fingerprint density at radius 1 is 1.33 bits per heavy atom. The predicted octanol–water partition coefficient (Wildman–Crippen LogP) is 1.75. The van der Waals surface area contributed by atoms with Gasteiger partial charge in [0, 0.05) is 25.0 Å². The zero-order chi connectivity index (χ0) is 15.2. The highest BCUT2D eigenvalue weighted by Gasteiger charge is 2.15. The van der Waals surface area contributed by atoms with Crippen LogP contribution in [0, 0.1) is 0 Å². The maximum atomic E-state index is 11.8. The van der Waals surface area contributed by atoms with E-state index in [1.165, 1.54) is 0 Å². The van der Waals surface area contributed by atoms with E-state index in [2.05, 4.69) is 5.32 Å². The number of nitrogens with zero attached hydrogens (tertiary/aromatic N) is 1. The summed E-state index contributed by atoms with van der Waals surface area (Å²) < 4.78 is 11.2. The number of amides is 1. The van der Waals surface area contributed by atoms with Crippen molar-refractivity contribution in [3.05, 3.63) is 17.7 Å². The van der Waals surface area contributed by atoms with Gasteiger partial charge < -0.3 is 19.7 Å². The van der Waals surface area contributed by atoms with Crippen molar-refractivity contribution in [2.24, 2.45) is 0 Å². The van der Waals surface area contributed by atoms with Crippen LogP contribution in [0.15, 0.2) is 17.0 Å². The van der Waals surface area contributed by atoms with Crippen LogP contribution < -0.4 is 14.8 Å². The molecular formula is C15H22N2O3S. The molecular weight excluding hydrogens is 288 g/mol. The quantitative estimate of drug-likeness (QED) is 0.811. The molecule has 0 atom stereocenters. The minimum atomic E-state index is 0.0979. The molecule has 0 saturated heterocycles. The summed E-state index contributed by atoms with van der Waals surface area (Å²) in [4.78, 5) is 14.6. The van der Waals surface area contributed by atoms with E-state index in [9.17, 15) is 4.79 Å². The fraction of sp³-hybridized carbons (Fsp3) is 0.533. The van der Waals surface area contributed by atoms with Gasteiger partial charge in [0.1, 0.15) is 13.2 Å². The predicted molar refractivity (Wildman–Crippen MR) is 84.2 cm³/mol. The maximum Gasteiger partial charge on any atom is 0.236 e. The van der Waals surface area contributed by atoms with Crippen molar-refractivity contribution in [2.75, 3.05) is 39.6 Å². The lowest BCUT2D eigenvalue weighted by atomic mass is 10.2. The number of carbonyl (C=O) groups is 1. The van der Waals surface area contributed by atoms with Gasteiger partial charge in [-0.05, 0) is 30.9 Å². The monoisotopic (exact) mass is 310 g/mol. The van der Waals surface area contributed by atoms with Gasteiger partial charge in [0.25, 0.3) is 0 Å². The number of fused-ring (bicyclic) bond motifs is 1. The molecule has 0 aliphatic carbocycles. The normalized spacial score (nSPS) is 13.1. The Morgan fingerprint density at radius 3 is 2.62 bits per heavy atom. The van der Waals surface area contributed by atoms with Crippen LogP contribution in [-0.2, 0) is 11.3 Å². The molecule has 0 aromatic heterocycles. The van der Waals surface area contributed by atoms with E-state index >= 15 is 0 Å². The Morgan fingerprint density at radius 2 is 2.00 bits per heavy atom. The van der Waals surface area contributed by atoms with Crippen molar-refractivity contribution in [3.63, 3.8) is 0 Å². The van der Waals surface area contributed by atoms with Gasteiger partial charge in [-0.25, -0.2) is 0 Å². The summed E-state index contributed by atoms with van der Waals surface area (Å²) in [6, 6.07) is 4.01. The summed E-state index contributed by atoms with van der Waals surface area (Å²) in [7, 11) is 1.81. The Bertz CT molecular complexity index is 508. The lowest BCUT2D eigenvalue weighted by Gasteiger charge is -2.21. The second kappa shape index (κ2) is 7.56. The van der Waals surface area contributed by atoms with Crippen LogP contribution in [0.3, 0.4) is 0 Å². The summed E-state index contributed by atoms with van der Waals surface area (Å²) in [5.41, 5.74) is 1.12. The van der Waals surface area contributed by atoms with E-state index in [0.717, 1.165) is 28.5 Å². The molecule has 2 rings (SSSR count). The highest BCUT2D eigenvalue weighted by atomic mass is 32.2. The minimum Gasteiger partial charge on any atom is -0.486 e. The van der Waals surface area contributed by atoms with Gasteiger partial charge in [-0.3, -0.25) is 4.79 Å². The number of benzene rings is 1. The van der Waals surface area contributed by atoms with Crippen molar-refractivity contribution in [1.82, 2.24) is 10.2 Å². The first kappa shape index (κ1) is 16.0. The SMILES string of the molecule is CCN(C)C(=O)CNCc1cc2c(cc1SC)OCCO2. The largest absolute Gasteiger partial charge is 0.486 e. The third-order valence-electron chi connectivity index (χ3n) is 3.44. The molecule has 1 amide bonds. The van der Waals surface area contributed by atoms with Crippen LogP contribution in [0.4, 0.5) is 0 Å². The van der Waals surface area contributed by atoms with E-state index in [-0.39, 0.29) is 5.91 Å². The van der Waals surface area contributed by atoms with E-state index in [0.29, 0.717) is 26.3 Å². The van der Waals surface area contributed by atoms with Crippen LogP contribution in [-0.4, -0.2) is 50.4 Å². The Labute approximate surface area is 130 Å². The molecule has 1 aliphatic heterocycles. The first-order chi connectivity index (χ1) is 10.2. The van der Waals surface area contributed by atoms with E-state index < -0.39 is 0 Å². The zero-order valence-electron chi connectivity index (χ0n) is 12.8. The molecule has 6 heteroatoms. The van der Waals surface area contributed by atoms with Crippen LogP contribution in [0.25, 0.3) is 0 Å². The fourth-order valence-corrected chi connectivity index (χ4v) is 2.67. The number of thioether (sulfide) groups is 1. The van der Waals surface area contributed by atoms with Gasteiger partial charge in [0.2, 0.25) is 5.91 Å². The first-order valence-corrected chi connectivity index (χ1v) is 8.29. The number of hydrogen-bond donors (Lipinski definition) is 1. The van der Waals surface area contributed by atoms with Crippen molar-refractivity contribution in [2.45, 2.75) is 18.4 Å². The number of carbonyl (C=O) groups excluding carboxylic acids is 1. The van der Waals surface area contributed by atoms with Crippen molar-refractivity contribution in [1.29, 1.82) is 0 Å². The number of ether oxygens (including phenoxy) is 2. The molecule has 116 valence electrons. The summed E-state index contributed by atoms with van der Waals surface area (Å²) >= 11 is 1.67. The minimum absolute atomic E-state index is 0.0979. The van der Waals surface area contributed by atoms with E-state index in [4.69, 9.17) is 9.47 Å². The van der Waals surface area contributed by atoms with Gasteiger partial charge in [-0.15, -0.1) is 11.8 Å². The van der Waals surface area contributed by atoms with Crippen molar-refractivity contribution in [3.8, 4) is 11.5 Å². The van der Waals surface area contributed by atoms with E-state index in [1.54, 1.807) is 23.7 Å². The number of hydrogen-bond acceptors (Lipinski definition) is 5. The smallest absolute Gasteiger partial charge is 0.236 e. The molecule has 0 unspecified atom stereocenters. The third-order valence-corrected chi connectivity index (χ3v) is 4.26. The molecule has 21 heavy (non-hydrogen) atoms. The molecule has 0 spiro atoms. The van der Waals surface area contributed by atoms with Gasteiger partial charge >= 0.3 is 0 Å². The lowest BCUT2D eigenvalue weighted by Crippen LogP contribution is -2.35. The lowest BCUT2D eigenvalue weighted by molar-refractivity contribution is -0.128. The zero-order valence-corrected chi connectivity index (χ0v) is 13.6. The highest BCUT2D eigenvalue weighted by molar-refractivity contribution is 7.98. The summed E-state index contributed by atoms with van der Waals surface area (Å²) in [6.45, 7) is 4.84. The molecule has 0 saturated carbocycles. The van der Waals surface area contributed by atoms with Gasteiger partial charge in [-0.1, -0.05) is 0 Å². The van der Waals surface area contributed by atoms with Crippen LogP contribution in [0.5, 0.6) is 11.5 Å². The first-order valence-electron chi connectivity index (χ1n) is 7.07. The van der Waals surface area contributed by atoms with E-state index in [1.807, 2.05) is 25.3 Å². The number of likely N-dealkylation sites (N-methyl/N-ethyl adjacent to an activating group) is 1. The third kappa shape index (κ3) is 4.04. The molecule has 5 nitrogen and oxygen atoms in total. The molecule has 1 N–H and O–H groups in total. The van der Waals surface area contributed by atoms with Crippen molar-refractivity contribution < 1.29 is 14.3 Å². The summed E-state index contributed by atoms with van der Waals surface area (Å²) in [5, 5.41) is 3.20. The number of rotatable bonds is 6. The second-order valence-electron chi connectivity index (χ2n) is 4.82. The van der Waals surface area contributed by atoms with Gasteiger partial charge in [0.05, 0.1) is 6.54 Å². The van der Waals surface area contributed by atoms with Crippen LogP contribution >= 0.6 is 11.8 Å². The molecule has 0 fully saturated rings. The Hall–Kier alpha value is -1.40.